The second-order valence-corrected chi connectivity index (χ2v) is 7.26. The molecule has 0 bridgehead atoms. The van der Waals surface area contributed by atoms with Gasteiger partial charge in [0.05, 0.1) is 4.90 Å². The molecule has 2 rings (SSSR count). The lowest BCUT2D eigenvalue weighted by atomic mass is 10.2. The molecule has 1 saturated carbocycles. The lowest BCUT2D eigenvalue weighted by Crippen LogP contribution is -2.33. The molecule has 0 heterocycles. The molecule has 0 aliphatic heterocycles. The average molecular weight is 291 g/mol. The topological polar surface area (TPSA) is 37.4 Å². The fourth-order valence-electron chi connectivity index (χ4n) is 2.31. The number of benzene rings is 1. The van der Waals surface area contributed by atoms with Crippen molar-refractivity contribution in [2.75, 3.05) is 13.1 Å². The fraction of sp³-hybridized carbons (Fsp3) is 0.375. The molecule has 1 aliphatic rings. The van der Waals surface area contributed by atoms with Crippen LogP contribution >= 0.6 is 0 Å². The van der Waals surface area contributed by atoms with Crippen molar-refractivity contribution in [2.24, 2.45) is 11.8 Å². The summed E-state index contributed by atoms with van der Waals surface area (Å²) in [6, 6.07) is 6.97. The van der Waals surface area contributed by atoms with Crippen molar-refractivity contribution in [1.82, 2.24) is 4.31 Å². The zero-order chi connectivity index (χ0) is 14.8. The van der Waals surface area contributed by atoms with Gasteiger partial charge in [-0.1, -0.05) is 29.8 Å². The summed E-state index contributed by atoms with van der Waals surface area (Å²) in [6.45, 7) is 10.3. The van der Waals surface area contributed by atoms with Crippen molar-refractivity contribution in [3.8, 4) is 0 Å². The highest BCUT2D eigenvalue weighted by Gasteiger charge is 2.38. The number of aryl methyl sites for hydroxylation is 1. The monoisotopic (exact) mass is 291 g/mol. The Hall–Kier alpha value is -1.39. The molecule has 0 aromatic heterocycles. The fourth-order valence-corrected chi connectivity index (χ4v) is 3.77. The average Bonchev–Trinajstić information content (AvgIpc) is 3.17. The van der Waals surface area contributed by atoms with Crippen molar-refractivity contribution in [3.63, 3.8) is 0 Å². The Bertz CT molecular complexity index is 589. The molecule has 0 saturated heterocycles. The maximum absolute atomic E-state index is 12.6. The van der Waals surface area contributed by atoms with Gasteiger partial charge in [0.2, 0.25) is 10.0 Å². The standard InChI is InChI=1S/C16H21NO2S/c1-4-10-17(12-15-11-14(15)5-2)20(18,19)16-8-6-13(3)7-9-16/h4-9,14-15H,1-2,10-12H2,3H3/t14-,15-/m0/s1. The van der Waals surface area contributed by atoms with Crippen LogP contribution < -0.4 is 0 Å². The van der Waals surface area contributed by atoms with Crippen LogP contribution in [0.5, 0.6) is 0 Å². The molecule has 1 aromatic rings. The van der Waals surface area contributed by atoms with Crippen LogP contribution in [0.4, 0.5) is 0 Å². The number of rotatable bonds is 7. The van der Waals surface area contributed by atoms with Crippen molar-refractivity contribution in [3.05, 3.63) is 55.1 Å². The van der Waals surface area contributed by atoms with E-state index in [1.807, 2.05) is 25.1 Å². The van der Waals surface area contributed by atoms with Gasteiger partial charge in [0.1, 0.15) is 0 Å². The van der Waals surface area contributed by atoms with Gasteiger partial charge in [0, 0.05) is 13.1 Å². The normalized spacial score (nSPS) is 21.7. The van der Waals surface area contributed by atoms with Crippen LogP contribution in [0.15, 0.2) is 54.5 Å². The zero-order valence-corrected chi connectivity index (χ0v) is 12.6. The van der Waals surface area contributed by atoms with E-state index in [4.69, 9.17) is 0 Å². The molecule has 108 valence electrons. The molecule has 20 heavy (non-hydrogen) atoms. The predicted octanol–water partition coefficient (Wildman–Crippen LogP) is 2.99. The van der Waals surface area contributed by atoms with Gasteiger partial charge in [0.25, 0.3) is 0 Å². The third kappa shape index (κ3) is 3.19. The summed E-state index contributed by atoms with van der Waals surface area (Å²) in [5.74, 6) is 0.850. The summed E-state index contributed by atoms with van der Waals surface area (Å²) in [6.07, 6.45) is 4.58. The van der Waals surface area contributed by atoms with Crippen LogP contribution in [0.1, 0.15) is 12.0 Å². The van der Waals surface area contributed by atoms with Gasteiger partial charge < -0.3 is 0 Å². The van der Waals surface area contributed by atoms with E-state index >= 15 is 0 Å². The SMILES string of the molecule is C=CCN(C[C@@H]1C[C@@H]1C=C)S(=O)(=O)c1ccc(C)cc1. The number of nitrogens with zero attached hydrogens (tertiary/aromatic N) is 1. The van der Waals surface area contributed by atoms with Gasteiger partial charge >= 0.3 is 0 Å². The maximum atomic E-state index is 12.6. The molecule has 0 spiro atoms. The Morgan fingerprint density at radius 3 is 2.45 bits per heavy atom. The van der Waals surface area contributed by atoms with E-state index in [1.165, 1.54) is 4.31 Å². The number of hydrogen-bond acceptors (Lipinski definition) is 2. The Morgan fingerprint density at radius 1 is 1.30 bits per heavy atom. The summed E-state index contributed by atoms with van der Waals surface area (Å²) in [4.78, 5) is 0.348. The number of hydrogen-bond donors (Lipinski definition) is 0. The van der Waals surface area contributed by atoms with Crippen LogP contribution in [-0.4, -0.2) is 25.8 Å². The van der Waals surface area contributed by atoms with E-state index in [1.54, 1.807) is 18.2 Å². The molecular weight excluding hydrogens is 270 g/mol. The molecule has 0 N–H and O–H groups in total. The Morgan fingerprint density at radius 2 is 1.95 bits per heavy atom. The van der Waals surface area contributed by atoms with E-state index in [9.17, 15) is 8.42 Å². The first-order valence-corrected chi connectivity index (χ1v) is 8.23. The summed E-state index contributed by atoms with van der Waals surface area (Å²) >= 11 is 0. The zero-order valence-electron chi connectivity index (χ0n) is 11.8. The molecule has 3 nitrogen and oxygen atoms in total. The third-order valence-corrected chi connectivity index (χ3v) is 5.56. The Kier molecular flexibility index (Phi) is 4.45. The largest absolute Gasteiger partial charge is 0.243 e. The van der Waals surface area contributed by atoms with Crippen molar-refractivity contribution in [2.45, 2.75) is 18.2 Å². The summed E-state index contributed by atoms with van der Waals surface area (Å²) in [7, 11) is -3.44. The summed E-state index contributed by atoms with van der Waals surface area (Å²) in [5, 5.41) is 0. The maximum Gasteiger partial charge on any atom is 0.243 e. The van der Waals surface area contributed by atoms with E-state index in [0.717, 1.165) is 12.0 Å². The Balaban J connectivity index is 2.20. The molecule has 1 aromatic carbocycles. The summed E-state index contributed by atoms with van der Waals surface area (Å²) in [5.41, 5.74) is 1.05. The predicted molar refractivity (Wildman–Crippen MR) is 81.9 cm³/mol. The molecule has 4 heteroatoms. The third-order valence-electron chi connectivity index (χ3n) is 3.71. The van der Waals surface area contributed by atoms with Crippen molar-refractivity contribution < 1.29 is 8.42 Å². The van der Waals surface area contributed by atoms with Crippen molar-refractivity contribution >= 4 is 10.0 Å². The number of allylic oxidation sites excluding steroid dienone is 1. The molecule has 0 amide bonds. The minimum Gasteiger partial charge on any atom is -0.207 e. The van der Waals surface area contributed by atoms with Gasteiger partial charge in [-0.15, -0.1) is 13.2 Å². The molecule has 2 atom stereocenters. The van der Waals surface area contributed by atoms with Crippen molar-refractivity contribution in [1.29, 1.82) is 0 Å². The van der Waals surface area contributed by atoms with Gasteiger partial charge in [-0.3, -0.25) is 0 Å². The minimum atomic E-state index is -3.44. The highest BCUT2D eigenvalue weighted by atomic mass is 32.2. The molecule has 1 aliphatic carbocycles. The van der Waals surface area contributed by atoms with Gasteiger partial charge in [-0.05, 0) is 37.3 Å². The second kappa shape index (κ2) is 5.94. The Labute approximate surface area is 121 Å². The highest BCUT2D eigenvalue weighted by Crippen LogP contribution is 2.40. The molecular formula is C16H21NO2S. The van der Waals surface area contributed by atoms with Crippen LogP contribution in [0.3, 0.4) is 0 Å². The summed E-state index contributed by atoms with van der Waals surface area (Å²) < 4.78 is 26.8. The lowest BCUT2D eigenvalue weighted by molar-refractivity contribution is 0.421. The molecule has 0 radical (unpaired) electrons. The van der Waals surface area contributed by atoms with E-state index in [-0.39, 0.29) is 0 Å². The molecule has 0 unspecified atom stereocenters. The molecule has 1 fully saturated rings. The number of sulfonamides is 1. The van der Waals surface area contributed by atoms with Gasteiger partial charge in [-0.25, -0.2) is 8.42 Å². The van der Waals surface area contributed by atoms with E-state index in [2.05, 4.69) is 13.2 Å². The first kappa shape index (κ1) is 15.0. The first-order chi connectivity index (χ1) is 9.48. The first-order valence-electron chi connectivity index (χ1n) is 6.79. The van der Waals surface area contributed by atoms with Crippen LogP contribution in [0.2, 0.25) is 0 Å². The van der Waals surface area contributed by atoms with Crippen LogP contribution in [-0.2, 0) is 10.0 Å². The highest BCUT2D eigenvalue weighted by molar-refractivity contribution is 7.89. The quantitative estimate of drug-likeness (QED) is 0.724. The van der Waals surface area contributed by atoms with E-state index < -0.39 is 10.0 Å². The van der Waals surface area contributed by atoms with Crippen LogP contribution in [0.25, 0.3) is 0 Å². The van der Waals surface area contributed by atoms with Gasteiger partial charge in [-0.2, -0.15) is 4.31 Å². The minimum absolute atomic E-state index is 0.344. The second-order valence-electron chi connectivity index (χ2n) is 5.32. The van der Waals surface area contributed by atoms with E-state index in [0.29, 0.717) is 29.8 Å². The van der Waals surface area contributed by atoms with Gasteiger partial charge in [0.15, 0.2) is 0 Å². The van der Waals surface area contributed by atoms with Crippen LogP contribution in [0, 0.1) is 18.8 Å². The lowest BCUT2D eigenvalue weighted by Gasteiger charge is -2.20. The smallest absolute Gasteiger partial charge is 0.207 e.